The molecule has 102 valence electrons. The van der Waals surface area contributed by atoms with Crippen LogP contribution in [0.25, 0.3) is 11.2 Å². The topological polar surface area (TPSA) is 66.5 Å². The zero-order valence-electron chi connectivity index (χ0n) is 9.59. The van der Waals surface area contributed by atoms with Crippen LogP contribution in [0.3, 0.4) is 0 Å². The summed E-state index contributed by atoms with van der Waals surface area (Å²) in [4.78, 5) is 14.3. The Hall–Kier alpha value is -2.35. The van der Waals surface area contributed by atoms with Crippen LogP contribution in [-0.2, 0) is 0 Å². The Bertz CT molecular complexity index is 804. The zero-order valence-corrected chi connectivity index (χ0v) is 10.3. The predicted molar refractivity (Wildman–Crippen MR) is 66.3 cm³/mol. The van der Waals surface area contributed by atoms with Crippen LogP contribution >= 0.6 is 11.6 Å². The molecule has 0 aliphatic rings. The Labute approximate surface area is 114 Å². The molecule has 0 bridgehead atoms. The van der Waals surface area contributed by atoms with Gasteiger partial charge in [-0.05, 0) is 23.7 Å². The van der Waals surface area contributed by atoms with Crippen LogP contribution in [-0.4, -0.2) is 19.9 Å². The van der Waals surface area contributed by atoms with Crippen LogP contribution in [0.5, 0.6) is 0 Å². The Morgan fingerprint density at radius 1 is 1.10 bits per heavy atom. The molecular formula is C11H5ClF3N5. The number of benzene rings is 1. The molecular weight excluding hydrogens is 295 g/mol. The molecule has 2 heterocycles. The van der Waals surface area contributed by atoms with Gasteiger partial charge in [-0.3, -0.25) is 0 Å². The predicted octanol–water partition coefficient (Wildman–Crippen LogP) is 3.17. The van der Waals surface area contributed by atoms with E-state index in [-0.39, 0.29) is 22.4 Å². The zero-order chi connectivity index (χ0) is 14.3. The highest BCUT2D eigenvalue weighted by Crippen LogP contribution is 2.26. The van der Waals surface area contributed by atoms with Gasteiger partial charge >= 0.3 is 0 Å². The molecule has 0 radical (unpaired) electrons. The molecule has 0 aliphatic heterocycles. The van der Waals surface area contributed by atoms with Crippen molar-refractivity contribution in [2.24, 2.45) is 0 Å². The van der Waals surface area contributed by atoms with Gasteiger partial charge in [0, 0.05) is 0 Å². The number of aromatic nitrogens is 4. The van der Waals surface area contributed by atoms with Crippen LogP contribution in [0.2, 0.25) is 5.28 Å². The Morgan fingerprint density at radius 3 is 2.70 bits per heavy atom. The van der Waals surface area contributed by atoms with Gasteiger partial charge in [0.1, 0.15) is 5.52 Å². The van der Waals surface area contributed by atoms with Gasteiger partial charge in [0.05, 0.1) is 12.0 Å². The summed E-state index contributed by atoms with van der Waals surface area (Å²) in [7, 11) is 0. The van der Waals surface area contributed by atoms with Crippen molar-refractivity contribution in [1.82, 2.24) is 19.9 Å². The molecule has 3 rings (SSSR count). The molecule has 9 heteroatoms. The van der Waals surface area contributed by atoms with Crippen molar-refractivity contribution in [3.8, 4) is 0 Å². The number of imidazole rings is 1. The molecule has 1 aromatic carbocycles. The fraction of sp³-hybridized carbons (Fsp3) is 0. The third-order valence-electron chi connectivity index (χ3n) is 2.55. The van der Waals surface area contributed by atoms with Gasteiger partial charge in [0.25, 0.3) is 0 Å². The number of aromatic amines is 1. The van der Waals surface area contributed by atoms with Gasteiger partial charge in [-0.2, -0.15) is 9.97 Å². The second-order valence-corrected chi connectivity index (χ2v) is 4.13. The number of halogens is 4. The summed E-state index contributed by atoms with van der Waals surface area (Å²) in [6.45, 7) is 0. The third-order valence-corrected chi connectivity index (χ3v) is 2.72. The van der Waals surface area contributed by atoms with Crippen LogP contribution in [0.1, 0.15) is 0 Å². The van der Waals surface area contributed by atoms with Crippen LogP contribution in [0.4, 0.5) is 24.7 Å². The van der Waals surface area contributed by atoms with Gasteiger partial charge < -0.3 is 10.3 Å². The first kappa shape index (κ1) is 12.7. The number of fused-ring (bicyclic) bond motifs is 1. The first-order chi connectivity index (χ1) is 9.56. The van der Waals surface area contributed by atoms with Crippen LogP contribution in [0.15, 0.2) is 18.5 Å². The quantitative estimate of drug-likeness (QED) is 0.563. The number of nitrogens with one attached hydrogen (secondary N) is 2. The fourth-order valence-electron chi connectivity index (χ4n) is 1.65. The maximum atomic E-state index is 13.6. The van der Waals surface area contributed by atoms with Crippen molar-refractivity contribution in [2.45, 2.75) is 0 Å². The lowest BCUT2D eigenvalue weighted by Gasteiger charge is -2.08. The smallest absolute Gasteiger partial charge is 0.226 e. The van der Waals surface area contributed by atoms with Gasteiger partial charge in [0.2, 0.25) is 5.28 Å². The number of hydrogen-bond acceptors (Lipinski definition) is 4. The lowest BCUT2D eigenvalue weighted by Crippen LogP contribution is -2.02. The maximum absolute atomic E-state index is 13.6. The number of H-pyrrole nitrogens is 1. The summed E-state index contributed by atoms with van der Waals surface area (Å²) >= 11 is 5.70. The van der Waals surface area contributed by atoms with E-state index >= 15 is 0 Å². The van der Waals surface area contributed by atoms with E-state index in [1.807, 2.05) is 0 Å². The van der Waals surface area contributed by atoms with Crippen molar-refractivity contribution < 1.29 is 13.2 Å². The number of rotatable bonds is 2. The number of nitrogens with zero attached hydrogens (tertiary/aromatic N) is 3. The van der Waals surface area contributed by atoms with E-state index in [2.05, 4.69) is 25.3 Å². The molecule has 0 saturated carbocycles. The largest absolute Gasteiger partial charge is 0.340 e. The highest BCUT2D eigenvalue weighted by atomic mass is 35.5. The van der Waals surface area contributed by atoms with Crippen molar-refractivity contribution >= 4 is 34.3 Å². The number of anilines is 2. The van der Waals surface area contributed by atoms with Crippen LogP contribution < -0.4 is 5.32 Å². The maximum Gasteiger partial charge on any atom is 0.226 e. The van der Waals surface area contributed by atoms with E-state index in [4.69, 9.17) is 11.6 Å². The lowest BCUT2D eigenvalue weighted by molar-refractivity contribution is 0.449. The first-order valence-corrected chi connectivity index (χ1v) is 5.71. The van der Waals surface area contributed by atoms with Crippen molar-refractivity contribution in [3.05, 3.63) is 41.2 Å². The minimum atomic E-state index is -1.57. The first-order valence-electron chi connectivity index (χ1n) is 5.33. The number of hydrogen-bond donors (Lipinski definition) is 2. The molecule has 0 saturated heterocycles. The van der Waals surface area contributed by atoms with Crippen molar-refractivity contribution in [3.63, 3.8) is 0 Å². The van der Waals surface area contributed by atoms with Gasteiger partial charge in [-0.25, -0.2) is 18.2 Å². The Balaban J connectivity index is 2.10. The monoisotopic (exact) mass is 299 g/mol. The molecule has 2 aromatic heterocycles. The van der Waals surface area contributed by atoms with Crippen molar-refractivity contribution in [2.75, 3.05) is 5.32 Å². The second-order valence-electron chi connectivity index (χ2n) is 3.79. The molecule has 0 spiro atoms. The molecule has 2 N–H and O–H groups in total. The van der Waals surface area contributed by atoms with E-state index < -0.39 is 17.5 Å². The average Bonchev–Trinajstić information content (AvgIpc) is 2.87. The minimum absolute atomic E-state index is 0.0995. The molecule has 3 aromatic rings. The van der Waals surface area contributed by atoms with Crippen LogP contribution in [0, 0.1) is 17.5 Å². The third kappa shape index (κ3) is 2.03. The summed E-state index contributed by atoms with van der Waals surface area (Å²) < 4.78 is 39.6. The molecule has 0 atom stereocenters. The summed E-state index contributed by atoms with van der Waals surface area (Å²) in [5.74, 6) is -4.11. The molecule has 20 heavy (non-hydrogen) atoms. The lowest BCUT2D eigenvalue weighted by atomic mass is 10.2. The highest BCUT2D eigenvalue weighted by Gasteiger charge is 2.16. The molecule has 0 aliphatic carbocycles. The molecule has 5 nitrogen and oxygen atoms in total. The summed E-state index contributed by atoms with van der Waals surface area (Å²) in [6, 6.07) is 1.85. The molecule has 0 fully saturated rings. The summed E-state index contributed by atoms with van der Waals surface area (Å²) in [5.41, 5.74) is 0.337. The van der Waals surface area contributed by atoms with Crippen molar-refractivity contribution in [1.29, 1.82) is 0 Å². The second kappa shape index (κ2) is 4.64. The summed E-state index contributed by atoms with van der Waals surface area (Å²) in [5, 5.41) is 2.41. The Kier molecular flexibility index (Phi) is 2.94. The van der Waals surface area contributed by atoms with E-state index in [0.717, 1.165) is 12.1 Å². The van der Waals surface area contributed by atoms with E-state index in [1.54, 1.807) is 0 Å². The molecule has 0 unspecified atom stereocenters. The van der Waals surface area contributed by atoms with Gasteiger partial charge in [-0.1, -0.05) is 0 Å². The van der Waals surface area contributed by atoms with E-state index in [1.165, 1.54) is 6.33 Å². The van der Waals surface area contributed by atoms with Gasteiger partial charge in [0.15, 0.2) is 28.9 Å². The molecule has 0 amide bonds. The van der Waals surface area contributed by atoms with E-state index in [9.17, 15) is 13.2 Å². The fourth-order valence-corrected chi connectivity index (χ4v) is 1.81. The summed E-state index contributed by atoms with van der Waals surface area (Å²) in [6.07, 6.45) is 1.35. The normalized spacial score (nSPS) is 11.0. The standard InChI is InChI=1S/C11H5ClF3N5/c12-11-19-9-8(16-3-17-9)10(20-11)18-5-2-1-4(13)6(14)7(5)15/h1-3H,(H2,16,17,18,19,20). The van der Waals surface area contributed by atoms with E-state index in [0.29, 0.717) is 5.52 Å². The minimum Gasteiger partial charge on any atom is -0.340 e. The van der Waals surface area contributed by atoms with Gasteiger partial charge in [-0.15, -0.1) is 0 Å². The SMILES string of the molecule is Fc1ccc(Nc2nc(Cl)nc3nc[nH]c23)c(F)c1F. The average molecular weight is 300 g/mol. The highest BCUT2D eigenvalue weighted by molar-refractivity contribution is 6.28. The Morgan fingerprint density at radius 2 is 1.90 bits per heavy atom.